The Balaban J connectivity index is 2.01. The smallest absolute Gasteiger partial charge is 0.347 e. The Morgan fingerprint density at radius 3 is 1.41 bits per heavy atom. The second-order valence-electron chi connectivity index (χ2n) is 7.91. The molecule has 0 aliphatic heterocycles. The summed E-state index contributed by atoms with van der Waals surface area (Å²) in [6.07, 6.45) is 1.23. The van der Waals surface area contributed by atoms with Crippen LogP contribution >= 0.6 is 0 Å². The molecule has 0 saturated heterocycles. The molecule has 0 heterocycles. The van der Waals surface area contributed by atoms with Crippen LogP contribution in [0, 0.1) is 0 Å². The number of hydrogen-bond donors (Lipinski definition) is 0. The van der Waals surface area contributed by atoms with E-state index in [1.807, 2.05) is 13.8 Å². The average molecular weight is 473 g/mol. The van der Waals surface area contributed by atoms with E-state index in [-0.39, 0.29) is 24.3 Å². The summed E-state index contributed by atoms with van der Waals surface area (Å²) in [5.41, 5.74) is 0.527. The van der Waals surface area contributed by atoms with Crippen LogP contribution in [0.25, 0.3) is 10.8 Å². The zero-order valence-corrected chi connectivity index (χ0v) is 20.1. The molecule has 0 aliphatic rings. The predicted molar refractivity (Wildman–Crippen MR) is 125 cm³/mol. The van der Waals surface area contributed by atoms with Crippen LogP contribution in [-0.2, 0) is 28.5 Å². The van der Waals surface area contributed by atoms with Gasteiger partial charge in [-0.15, -0.1) is 0 Å². The van der Waals surface area contributed by atoms with E-state index in [0.29, 0.717) is 10.8 Å². The minimum Gasteiger partial charge on any atom is -0.463 e. The van der Waals surface area contributed by atoms with Gasteiger partial charge in [0, 0.05) is 0 Å². The molecule has 2 aromatic rings. The van der Waals surface area contributed by atoms with Crippen LogP contribution in [0.2, 0.25) is 0 Å². The summed E-state index contributed by atoms with van der Waals surface area (Å²) in [6.45, 7) is 7.47. The summed E-state index contributed by atoms with van der Waals surface area (Å²) >= 11 is 0. The van der Waals surface area contributed by atoms with E-state index in [1.54, 1.807) is 36.4 Å². The first-order chi connectivity index (χ1) is 16.3. The van der Waals surface area contributed by atoms with Gasteiger partial charge in [0.2, 0.25) is 0 Å². The Morgan fingerprint density at radius 2 is 1.06 bits per heavy atom. The Bertz CT molecular complexity index is 932. The molecule has 0 aromatic heterocycles. The minimum absolute atomic E-state index is 0.263. The third-order valence-electron chi connectivity index (χ3n) is 5.03. The van der Waals surface area contributed by atoms with Gasteiger partial charge in [0.05, 0.1) is 24.3 Å². The number of carbonyl (C=O) groups is 4. The topological polar surface area (TPSA) is 105 Å². The van der Waals surface area contributed by atoms with Gasteiger partial charge in [0.15, 0.2) is 12.2 Å². The second kappa shape index (κ2) is 13.3. The first-order valence-electron chi connectivity index (χ1n) is 11.6. The minimum atomic E-state index is -1.02. The van der Waals surface area contributed by atoms with E-state index in [4.69, 9.17) is 18.9 Å². The molecule has 2 atom stereocenters. The van der Waals surface area contributed by atoms with E-state index < -0.39 is 36.1 Å². The molecule has 184 valence electrons. The molecule has 8 nitrogen and oxygen atoms in total. The molecule has 0 saturated carbocycles. The fourth-order valence-electron chi connectivity index (χ4n) is 2.92. The van der Waals surface area contributed by atoms with Crippen molar-refractivity contribution in [3.05, 3.63) is 47.5 Å². The van der Waals surface area contributed by atoms with Gasteiger partial charge in [0.25, 0.3) is 0 Å². The SMILES string of the molecule is CCCCOC(=O)[C@H](C)OC(=O)c1ccc2cc(C(=O)O[C@@H](C)C(=O)OCCCC)ccc2c1. The highest BCUT2D eigenvalue weighted by molar-refractivity contribution is 5.99. The number of unbranched alkanes of at least 4 members (excludes halogenated alkanes) is 2. The molecule has 0 radical (unpaired) electrons. The molecule has 0 spiro atoms. The quantitative estimate of drug-likeness (QED) is 0.250. The first kappa shape index (κ1) is 26.8. The number of fused-ring (bicyclic) bond motifs is 1. The maximum Gasteiger partial charge on any atom is 0.347 e. The lowest BCUT2D eigenvalue weighted by Gasteiger charge is -2.14. The van der Waals surface area contributed by atoms with Gasteiger partial charge in [0.1, 0.15) is 0 Å². The molecule has 0 N–H and O–H groups in total. The number of esters is 4. The highest BCUT2D eigenvalue weighted by atomic mass is 16.6. The number of ether oxygens (including phenoxy) is 4. The molecule has 8 heteroatoms. The third-order valence-corrected chi connectivity index (χ3v) is 5.03. The first-order valence-corrected chi connectivity index (χ1v) is 11.6. The summed E-state index contributed by atoms with van der Waals surface area (Å²) in [4.78, 5) is 48.7. The van der Waals surface area contributed by atoms with Crippen molar-refractivity contribution in [1.82, 2.24) is 0 Å². The van der Waals surface area contributed by atoms with Gasteiger partial charge in [-0.1, -0.05) is 38.8 Å². The lowest BCUT2D eigenvalue weighted by atomic mass is 10.0. The fourth-order valence-corrected chi connectivity index (χ4v) is 2.92. The third kappa shape index (κ3) is 7.86. The Labute approximate surface area is 199 Å². The van der Waals surface area contributed by atoms with E-state index >= 15 is 0 Å². The molecule has 0 fully saturated rings. The number of carbonyl (C=O) groups excluding carboxylic acids is 4. The van der Waals surface area contributed by atoms with Crippen LogP contribution in [-0.4, -0.2) is 49.3 Å². The van der Waals surface area contributed by atoms with Gasteiger partial charge in [-0.3, -0.25) is 0 Å². The standard InChI is InChI=1S/C26H32O8/c1-5-7-13-31-23(27)17(3)33-25(29)21-11-9-20-16-22(12-10-19(20)15-21)26(30)34-18(4)24(28)32-14-8-6-2/h9-12,15-18H,5-8,13-14H2,1-4H3/t17-,18-/m0/s1. The van der Waals surface area contributed by atoms with Crippen molar-refractivity contribution < 1.29 is 38.1 Å². The number of benzene rings is 2. The van der Waals surface area contributed by atoms with Gasteiger partial charge in [-0.05, 0) is 61.7 Å². The van der Waals surface area contributed by atoms with E-state index in [1.165, 1.54) is 13.8 Å². The summed E-state index contributed by atoms with van der Waals surface area (Å²) in [7, 11) is 0. The zero-order chi connectivity index (χ0) is 25.1. The van der Waals surface area contributed by atoms with Crippen LogP contribution in [0.1, 0.15) is 74.1 Å². The molecule has 2 aromatic carbocycles. The predicted octanol–water partition coefficient (Wildman–Crippen LogP) is 4.62. The lowest BCUT2D eigenvalue weighted by molar-refractivity contribution is -0.153. The van der Waals surface area contributed by atoms with Crippen molar-refractivity contribution in [3.63, 3.8) is 0 Å². The summed E-state index contributed by atoms with van der Waals surface area (Å²) in [6, 6.07) is 9.63. The molecule has 0 unspecified atom stereocenters. The summed E-state index contributed by atoms with van der Waals surface area (Å²) in [5, 5.41) is 1.38. The molecule has 0 amide bonds. The van der Waals surface area contributed by atoms with E-state index in [2.05, 4.69) is 0 Å². The van der Waals surface area contributed by atoms with Crippen molar-refractivity contribution in [3.8, 4) is 0 Å². The average Bonchev–Trinajstić information content (AvgIpc) is 2.83. The second-order valence-corrected chi connectivity index (χ2v) is 7.91. The van der Waals surface area contributed by atoms with Crippen molar-refractivity contribution in [1.29, 1.82) is 0 Å². The van der Waals surface area contributed by atoms with E-state index in [9.17, 15) is 19.2 Å². The zero-order valence-electron chi connectivity index (χ0n) is 20.1. The maximum atomic E-state index is 12.4. The van der Waals surface area contributed by atoms with Gasteiger partial charge in [-0.2, -0.15) is 0 Å². The largest absolute Gasteiger partial charge is 0.463 e. The van der Waals surface area contributed by atoms with Crippen LogP contribution in [0.15, 0.2) is 36.4 Å². The number of hydrogen-bond acceptors (Lipinski definition) is 8. The van der Waals surface area contributed by atoms with Crippen LogP contribution < -0.4 is 0 Å². The molecular formula is C26H32O8. The molecule has 2 rings (SSSR count). The lowest BCUT2D eigenvalue weighted by Crippen LogP contribution is -2.26. The number of rotatable bonds is 12. The molecule has 0 bridgehead atoms. The fraction of sp³-hybridized carbons (Fsp3) is 0.462. The Kier molecular flexibility index (Phi) is 10.5. The van der Waals surface area contributed by atoms with Crippen molar-refractivity contribution >= 4 is 34.6 Å². The van der Waals surface area contributed by atoms with Crippen molar-refractivity contribution in [2.45, 2.75) is 65.6 Å². The van der Waals surface area contributed by atoms with Gasteiger partial charge < -0.3 is 18.9 Å². The van der Waals surface area contributed by atoms with E-state index in [0.717, 1.165) is 25.7 Å². The molecular weight excluding hydrogens is 440 g/mol. The molecule has 34 heavy (non-hydrogen) atoms. The normalized spacial score (nSPS) is 12.5. The Hall–Kier alpha value is -3.42. The summed E-state index contributed by atoms with van der Waals surface area (Å²) in [5.74, 6) is -2.48. The monoisotopic (exact) mass is 472 g/mol. The Morgan fingerprint density at radius 1 is 0.676 bits per heavy atom. The van der Waals surface area contributed by atoms with Crippen LogP contribution in [0.3, 0.4) is 0 Å². The van der Waals surface area contributed by atoms with Gasteiger partial charge in [-0.25, -0.2) is 19.2 Å². The van der Waals surface area contributed by atoms with Gasteiger partial charge >= 0.3 is 23.9 Å². The van der Waals surface area contributed by atoms with Crippen molar-refractivity contribution in [2.24, 2.45) is 0 Å². The van der Waals surface area contributed by atoms with Crippen LogP contribution in [0.5, 0.6) is 0 Å². The van der Waals surface area contributed by atoms with Crippen LogP contribution in [0.4, 0.5) is 0 Å². The maximum absolute atomic E-state index is 12.4. The van der Waals surface area contributed by atoms with Crippen molar-refractivity contribution in [2.75, 3.05) is 13.2 Å². The highest BCUT2D eigenvalue weighted by Crippen LogP contribution is 2.20. The summed E-state index contributed by atoms with van der Waals surface area (Å²) < 4.78 is 20.5. The highest BCUT2D eigenvalue weighted by Gasteiger charge is 2.22. The molecule has 0 aliphatic carbocycles.